The summed E-state index contributed by atoms with van der Waals surface area (Å²) in [4.78, 5) is 18.9. The summed E-state index contributed by atoms with van der Waals surface area (Å²) in [5.74, 6) is 0.990. The van der Waals surface area contributed by atoms with Gasteiger partial charge in [-0.15, -0.1) is 0 Å². The minimum absolute atomic E-state index is 0.246. The van der Waals surface area contributed by atoms with E-state index in [0.717, 1.165) is 23.8 Å². The molecule has 0 unspecified atom stereocenters. The SMILES string of the molecule is O=C1N=C(N2CCOCC2)SC1=Cc1ccc(-c2ccc(Cl)c(Cl)c2)o1. The lowest BCUT2D eigenvalue weighted by atomic mass is 10.2. The Kier molecular flexibility index (Phi) is 5.09. The second-order valence-electron chi connectivity index (χ2n) is 5.74. The van der Waals surface area contributed by atoms with Crippen LogP contribution in [0.5, 0.6) is 0 Å². The molecule has 2 aliphatic heterocycles. The number of amidine groups is 1. The molecule has 0 atom stereocenters. The highest BCUT2D eigenvalue weighted by atomic mass is 35.5. The number of halogens is 2. The number of benzene rings is 1. The molecule has 0 aliphatic carbocycles. The second kappa shape index (κ2) is 7.48. The maximum absolute atomic E-state index is 12.2. The minimum atomic E-state index is -0.246. The van der Waals surface area contributed by atoms with Crippen LogP contribution in [0.3, 0.4) is 0 Å². The van der Waals surface area contributed by atoms with Crippen molar-refractivity contribution in [2.24, 2.45) is 4.99 Å². The molecule has 0 saturated carbocycles. The van der Waals surface area contributed by atoms with Crippen molar-refractivity contribution in [3.63, 3.8) is 0 Å². The first-order valence-corrected chi connectivity index (χ1v) is 9.58. The highest BCUT2D eigenvalue weighted by Crippen LogP contribution is 2.33. The van der Waals surface area contributed by atoms with Crippen molar-refractivity contribution in [3.8, 4) is 11.3 Å². The maximum Gasteiger partial charge on any atom is 0.286 e. The Morgan fingerprint density at radius 1 is 1.12 bits per heavy atom. The first kappa shape index (κ1) is 17.7. The van der Waals surface area contributed by atoms with Crippen LogP contribution >= 0.6 is 35.0 Å². The summed E-state index contributed by atoms with van der Waals surface area (Å²) in [5.41, 5.74) is 0.819. The number of carbonyl (C=O) groups is 1. The average molecular weight is 409 g/mol. The van der Waals surface area contributed by atoms with Crippen LogP contribution in [0.1, 0.15) is 5.76 Å². The molecule has 1 aromatic carbocycles. The normalized spacial score (nSPS) is 19.3. The molecular formula is C18H14Cl2N2O3S. The van der Waals surface area contributed by atoms with E-state index in [2.05, 4.69) is 9.89 Å². The third kappa shape index (κ3) is 3.69. The Bertz CT molecular complexity index is 917. The van der Waals surface area contributed by atoms with Crippen molar-refractivity contribution in [3.05, 3.63) is 51.0 Å². The summed E-state index contributed by atoms with van der Waals surface area (Å²) in [7, 11) is 0. The fraction of sp³-hybridized carbons (Fsp3) is 0.222. The number of carbonyl (C=O) groups excluding carboxylic acids is 1. The molecule has 1 amide bonds. The molecule has 2 aliphatic rings. The summed E-state index contributed by atoms with van der Waals surface area (Å²) in [6.07, 6.45) is 1.71. The number of ether oxygens (including phenoxy) is 1. The van der Waals surface area contributed by atoms with Crippen LogP contribution in [0.15, 0.2) is 44.6 Å². The van der Waals surface area contributed by atoms with Gasteiger partial charge in [-0.1, -0.05) is 23.2 Å². The quantitative estimate of drug-likeness (QED) is 0.681. The van der Waals surface area contributed by atoms with E-state index in [4.69, 9.17) is 32.4 Å². The number of thioether (sulfide) groups is 1. The molecule has 1 fully saturated rings. The fourth-order valence-corrected chi connectivity index (χ4v) is 3.90. The van der Waals surface area contributed by atoms with Crippen LogP contribution in [0.4, 0.5) is 0 Å². The van der Waals surface area contributed by atoms with Gasteiger partial charge in [-0.2, -0.15) is 4.99 Å². The highest BCUT2D eigenvalue weighted by molar-refractivity contribution is 8.18. The Balaban J connectivity index is 1.51. The number of aliphatic imine (C=N–C) groups is 1. The van der Waals surface area contributed by atoms with E-state index < -0.39 is 0 Å². The standard InChI is InChI=1S/C18H14Cl2N2O3S/c19-13-3-1-11(9-14(13)20)15-4-2-12(25-15)10-16-17(23)21-18(26-16)22-5-7-24-8-6-22/h1-4,9-10H,5-8H2. The lowest BCUT2D eigenvalue weighted by Gasteiger charge is -2.27. The van der Waals surface area contributed by atoms with Gasteiger partial charge in [0.05, 0.1) is 28.2 Å². The summed E-state index contributed by atoms with van der Waals surface area (Å²) >= 11 is 13.4. The number of rotatable bonds is 2. The maximum atomic E-state index is 12.2. The number of morpholine rings is 1. The smallest absolute Gasteiger partial charge is 0.286 e. The predicted octanol–water partition coefficient (Wildman–Crippen LogP) is 4.56. The van der Waals surface area contributed by atoms with Crippen LogP contribution in [-0.2, 0) is 9.53 Å². The van der Waals surface area contributed by atoms with Gasteiger partial charge in [0, 0.05) is 24.7 Å². The van der Waals surface area contributed by atoms with Crippen molar-refractivity contribution in [1.82, 2.24) is 4.90 Å². The molecule has 0 spiro atoms. The largest absolute Gasteiger partial charge is 0.457 e. The van der Waals surface area contributed by atoms with E-state index in [1.165, 1.54) is 11.8 Å². The van der Waals surface area contributed by atoms with Crippen molar-refractivity contribution in [2.75, 3.05) is 26.3 Å². The highest BCUT2D eigenvalue weighted by Gasteiger charge is 2.27. The lowest BCUT2D eigenvalue weighted by Crippen LogP contribution is -2.38. The van der Waals surface area contributed by atoms with Crippen LogP contribution in [-0.4, -0.2) is 42.3 Å². The number of nitrogens with zero attached hydrogens (tertiary/aromatic N) is 2. The summed E-state index contributed by atoms with van der Waals surface area (Å²) in [6.45, 7) is 2.79. The molecule has 0 bridgehead atoms. The molecule has 1 saturated heterocycles. The lowest BCUT2D eigenvalue weighted by molar-refractivity contribution is -0.113. The Morgan fingerprint density at radius 3 is 2.69 bits per heavy atom. The molecule has 4 rings (SSSR count). The topological polar surface area (TPSA) is 55.0 Å². The number of furan rings is 1. The molecule has 0 radical (unpaired) electrons. The summed E-state index contributed by atoms with van der Waals surface area (Å²) in [6, 6.07) is 8.94. The first-order chi connectivity index (χ1) is 12.6. The van der Waals surface area contributed by atoms with Gasteiger partial charge in [-0.3, -0.25) is 4.79 Å². The first-order valence-electron chi connectivity index (χ1n) is 8.01. The summed E-state index contributed by atoms with van der Waals surface area (Å²) in [5, 5.41) is 1.68. The van der Waals surface area contributed by atoms with Gasteiger partial charge in [0.15, 0.2) is 5.17 Å². The molecule has 2 aromatic rings. The Morgan fingerprint density at radius 2 is 1.92 bits per heavy atom. The van der Waals surface area contributed by atoms with Gasteiger partial charge in [0.1, 0.15) is 11.5 Å². The van der Waals surface area contributed by atoms with E-state index in [-0.39, 0.29) is 5.91 Å². The molecule has 5 nitrogen and oxygen atoms in total. The third-order valence-corrected chi connectivity index (χ3v) is 5.78. The van der Waals surface area contributed by atoms with Gasteiger partial charge >= 0.3 is 0 Å². The Hall–Kier alpha value is -1.73. The monoisotopic (exact) mass is 408 g/mol. The van der Waals surface area contributed by atoms with Crippen LogP contribution in [0, 0.1) is 0 Å². The zero-order valence-corrected chi connectivity index (χ0v) is 15.9. The minimum Gasteiger partial charge on any atom is -0.457 e. The molecular weight excluding hydrogens is 395 g/mol. The molecule has 3 heterocycles. The van der Waals surface area contributed by atoms with Crippen molar-refractivity contribution < 1.29 is 13.9 Å². The number of hydrogen-bond donors (Lipinski definition) is 0. The van der Waals surface area contributed by atoms with E-state index in [0.29, 0.717) is 39.7 Å². The molecule has 134 valence electrons. The molecule has 1 aromatic heterocycles. The van der Waals surface area contributed by atoms with Gasteiger partial charge in [0.25, 0.3) is 5.91 Å². The van der Waals surface area contributed by atoms with Crippen LogP contribution < -0.4 is 0 Å². The predicted molar refractivity (Wildman–Crippen MR) is 105 cm³/mol. The second-order valence-corrected chi connectivity index (χ2v) is 7.56. The average Bonchev–Trinajstić information content (AvgIpc) is 3.26. The van der Waals surface area contributed by atoms with Gasteiger partial charge < -0.3 is 14.1 Å². The number of amides is 1. The van der Waals surface area contributed by atoms with Crippen LogP contribution in [0.25, 0.3) is 17.4 Å². The fourth-order valence-electron chi connectivity index (χ4n) is 2.65. The van der Waals surface area contributed by atoms with E-state index in [1.807, 2.05) is 18.2 Å². The van der Waals surface area contributed by atoms with E-state index in [9.17, 15) is 4.79 Å². The van der Waals surface area contributed by atoms with Crippen molar-refractivity contribution in [1.29, 1.82) is 0 Å². The van der Waals surface area contributed by atoms with Gasteiger partial charge in [-0.25, -0.2) is 0 Å². The van der Waals surface area contributed by atoms with Gasteiger partial charge in [0.2, 0.25) is 0 Å². The van der Waals surface area contributed by atoms with E-state index in [1.54, 1.807) is 18.2 Å². The van der Waals surface area contributed by atoms with Crippen molar-refractivity contribution >= 4 is 52.1 Å². The zero-order valence-electron chi connectivity index (χ0n) is 13.6. The molecule has 26 heavy (non-hydrogen) atoms. The van der Waals surface area contributed by atoms with Gasteiger partial charge in [-0.05, 0) is 42.1 Å². The molecule has 0 N–H and O–H groups in total. The van der Waals surface area contributed by atoms with Crippen LogP contribution in [0.2, 0.25) is 10.0 Å². The summed E-state index contributed by atoms with van der Waals surface area (Å²) < 4.78 is 11.2. The molecule has 8 heteroatoms. The van der Waals surface area contributed by atoms with E-state index >= 15 is 0 Å². The third-order valence-electron chi connectivity index (χ3n) is 4.00. The Labute approximate surface area is 164 Å². The number of hydrogen-bond acceptors (Lipinski definition) is 5. The zero-order chi connectivity index (χ0) is 18.1. The van der Waals surface area contributed by atoms with Crippen molar-refractivity contribution in [2.45, 2.75) is 0 Å².